The summed E-state index contributed by atoms with van der Waals surface area (Å²) in [4.78, 5) is 11.3. The number of hydrogen-bond donors (Lipinski definition) is 0. The summed E-state index contributed by atoms with van der Waals surface area (Å²) in [5.41, 5.74) is 0. The minimum Gasteiger partial charge on any atom is -0.276 e. The van der Waals surface area contributed by atoms with Crippen molar-refractivity contribution in [3.63, 3.8) is 0 Å². The van der Waals surface area contributed by atoms with E-state index in [1.165, 1.54) is 0 Å². The van der Waals surface area contributed by atoms with E-state index in [2.05, 4.69) is 11.9 Å². The van der Waals surface area contributed by atoms with Gasteiger partial charge >= 0.3 is 0 Å². The van der Waals surface area contributed by atoms with Crippen LogP contribution in [0, 0.1) is 0 Å². The molecule has 0 bridgehead atoms. The lowest BCUT2D eigenvalue weighted by Gasteiger charge is -2.37. The van der Waals surface area contributed by atoms with E-state index in [9.17, 15) is 4.79 Å². The van der Waals surface area contributed by atoms with Gasteiger partial charge in [-0.3, -0.25) is 9.80 Å². The van der Waals surface area contributed by atoms with Crippen LogP contribution in [0.5, 0.6) is 0 Å². The van der Waals surface area contributed by atoms with Gasteiger partial charge in [0.2, 0.25) is 5.91 Å². The Morgan fingerprint density at radius 2 is 2.09 bits per heavy atom. The minimum atomic E-state index is 0.278. The molecular weight excluding hydrogens is 140 g/mol. The number of rotatable bonds is 2. The summed E-state index contributed by atoms with van der Waals surface area (Å²) in [7, 11) is 0. The average molecular weight is 156 g/mol. The molecule has 0 saturated carbocycles. The van der Waals surface area contributed by atoms with E-state index < -0.39 is 0 Å². The number of hydrazine groups is 1. The highest BCUT2D eigenvalue weighted by Gasteiger charge is 2.22. The molecule has 1 saturated heterocycles. The van der Waals surface area contributed by atoms with Crippen molar-refractivity contribution in [2.75, 3.05) is 19.6 Å². The predicted octanol–water partition coefficient (Wildman–Crippen LogP) is 0.866. The van der Waals surface area contributed by atoms with E-state index in [4.69, 9.17) is 0 Å². The summed E-state index contributed by atoms with van der Waals surface area (Å²) in [5.74, 6) is 0.278. The highest BCUT2D eigenvalue weighted by atomic mass is 16.2. The summed E-state index contributed by atoms with van der Waals surface area (Å²) in [6, 6.07) is 0. The number of nitrogens with zero attached hydrogens (tertiary/aromatic N) is 2. The Kier molecular flexibility index (Phi) is 2.88. The van der Waals surface area contributed by atoms with Crippen LogP contribution < -0.4 is 0 Å². The molecular formula is C8H16N2O. The largest absolute Gasteiger partial charge is 0.276 e. The zero-order valence-electron chi connectivity index (χ0n) is 7.34. The van der Waals surface area contributed by atoms with Gasteiger partial charge in [0, 0.05) is 26.1 Å². The summed E-state index contributed by atoms with van der Waals surface area (Å²) in [5, 5.41) is 3.97. The minimum absolute atomic E-state index is 0.278. The standard InChI is InChI=1S/C8H16N2O/c1-3-9-7-5-6-8(11)10(9)4-2/h3-7H2,1-2H3. The van der Waals surface area contributed by atoms with Crippen LogP contribution in [-0.2, 0) is 4.79 Å². The van der Waals surface area contributed by atoms with E-state index >= 15 is 0 Å². The molecule has 0 radical (unpaired) electrons. The van der Waals surface area contributed by atoms with Gasteiger partial charge in [-0.05, 0) is 13.3 Å². The topological polar surface area (TPSA) is 23.6 Å². The summed E-state index contributed by atoms with van der Waals surface area (Å²) in [6.45, 7) is 6.90. The molecule has 0 spiro atoms. The van der Waals surface area contributed by atoms with Crippen molar-refractivity contribution >= 4 is 5.91 Å². The zero-order valence-corrected chi connectivity index (χ0v) is 7.34. The number of carbonyl (C=O) groups excluding carboxylic acids is 1. The smallest absolute Gasteiger partial charge is 0.236 e. The van der Waals surface area contributed by atoms with Gasteiger partial charge in [-0.2, -0.15) is 0 Å². The van der Waals surface area contributed by atoms with Crippen LogP contribution in [0.1, 0.15) is 26.7 Å². The van der Waals surface area contributed by atoms with Gasteiger partial charge in [-0.25, -0.2) is 5.01 Å². The van der Waals surface area contributed by atoms with E-state index in [-0.39, 0.29) is 5.91 Å². The highest BCUT2D eigenvalue weighted by molar-refractivity contribution is 5.76. The summed E-state index contributed by atoms with van der Waals surface area (Å²) < 4.78 is 0. The fraction of sp³-hybridized carbons (Fsp3) is 0.875. The maximum atomic E-state index is 11.3. The van der Waals surface area contributed by atoms with Gasteiger partial charge in [0.25, 0.3) is 0 Å². The molecule has 1 heterocycles. The monoisotopic (exact) mass is 156 g/mol. The molecule has 0 aromatic heterocycles. The molecule has 1 amide bonds. The second-order valence-corrected chi connectivity index (χ2v) is 2.76. The van der Waals surface area contributed by atoms with Gasteiger partial charge in [0.1, 0.15) is 0 Å². The fourth-order valence-electron chi connectivity index (χ4n) is 1.53. The zero-order chi connectivity index (χ0) is 8.27. The Morgan fingerprint density at radius 1 is 1.36 bits per heavy atom. The van der Waals surface area contributed by atoms with E-state index in [1.807, 2.05) is 11.9 Å². The maximum Gasteiger partial charge on any atom is 0.236 e. The van der Waals surface area contributed by atoms with E-state index in [0.717, 1.165) is 32.5 Å². The average Bonchev–Trinajstić information content (AvgIpc) is 2.04. The van der Waals surface area contributed by atoms with Crippen molar-refractivity contribution < 1.29 is 4.79 Å². The lowest BCUT2D eigenvalue weighted by atomic mass is 10.2. The van der Waals surface area contributed by atoms with Gasteiger partial charge < -0.3 is 0 Å². The predicted molar refractivity (Wildman–Crippen MR) is 43.9 cm³/mol. The second kappa shape index (κ2) is 3.72. The Balaban J connectivity index is 2.56. The first kappa shape index (κ1) is 8.53. The van der Waals surface area contributed by atoms with Crippen molar-refractivity contribution in [3.05, 3.63) is 0 Å². The van der Waals surface area contributed by atoms with Crippen LogP contribution in [-0.4, -0.2) is 35.6 Å². The molecule has 1 fully saturated rings. The Hall–Kier alpha value is -0.570. The summed E-state index contributed by atoms with van der Waals surface area (Å²) in [6.07, 6.45) is 1.74. The molecule has 0 unspecified atom stereocenters. The molecule has 1 aliphatic rings. The molecule has 0 atom stereocenters. The van der Waals surface area contributed by atoms with Gasteiger partial charge in [-0.1, -0.05) is 6.92 Å². The van der Waals surface area contributed by atoms with Crippen LogP contribution in [0.15, 0.2) is 0 Å². The number of hydrogen-bond acceptors (Lipinski definition) is 2. The first-order valence-electron chi connectivity index (χ1n) is 4.34. The van der Waals surface area contributed by atoms with Crippen molar-refractivity contribution in [2.24, 2.45) is 0 Å². The van der Waals surface area contributed by atoms with Crippen LogP contribution in [0.25, 0.3) is 0 Å². The van der Waals surface area contributed by atoms with Crippen molar-refractivity contribution in [3.8, 4) is 0 Å². The van der Waals surface area contributed by atoms with Gasteiger partial charge in [0.05, 0.1) is 0 Å². The third kappa shape index (κ3) is 1.71. The van der Waals surface area contributed by atoms with Crippen molar-refractivity contribution in [2.45, 2.75) is 26.7 Å². The van der Waals surface area contributed by atoms with Crippen LogP contribution >= 0.6 is 0 Å². The Bertz CT molecular complexity index is 147. The van der Waals surface area contributed by atoms with Gasteiger partial charge in [0.15, 0.2) is 0 Å². The fourth-order valence-corrected chi connectivity index (χ4v) is 1.53. The molecule has 11 heavy (non-hydrogen) atoms. The Labute approximate surface area is 67.9 Å². The van der Waals surface area contributed by atoms with E-state index in [0.29, 0.717) is 0 Å². The number of carbonyl (C=O) groups is 1. The highest BCUT2D eigenvalue weighted by Crippen LogP contribution is 2.10. The van der Waals surface area contributed by atoms with Crippen molar-refractivity contribution in [1.82, 2.24) is 10.0 Å². The maximum absolute atomic E-state index is 11.3. The van der Waals surface area contributed by atoms with Crippen LogP contribution in [0.2, 0.25) is 0 Å². The molecule has 64 valence electrons. The van der Waals surface area contributed by atoms with Crippen LogP contribution in [0.3, 0.4) is 0 Å². The van der Waals surface area contributed by atoms with Gasteiger partial charge in [-0.15, -0.1) is 0 Å². The normalized spacial score (nSPS) is 20.9. The first-order valence-corrected chi connectivity index (χ1v) is 4.34. The molecule has 1 aliphatic heterocycles. The lowest BCUT2D eigenvalue weighted by molar-refractivity contribution is -0.154. The molecule has 0 N–H and O–H groups in total. The lowest BCUT2D eigenvalue weighted by Crippen LogP contribution is -2.50. The van der Waals surface area contributed by atoms with Crippen molar-refractivity contribution in [1.29, 1.82) is 0 Å². The third-order valence-electron chi connectivity index (χ3n) is 2.10. The number of amides is 1. The first-order chi connectivity index (χ1) is 5.29. The molecule has 0 aromatic carbocycles. The summed E-state index contributed by atoms with van der Waals surface area (Å²) >= 11 is 0. The second-order valence-electron chi connectivity index (χ2n) is 2.76. The molecule has 0 aromatic rings. The molecule has 3 nitrogen and oxygen atoms in total. The molecule has 0 aliphatic carbocycles. The quantitative estimate of drug-likeness (QED) is 0.592. The molecule has 1 rings (SSSR count). The Morgan fingerprint density at radius 3 is 2.55 bits per heavy atom. The SMILES string of the molecule is CCN1CCCC(=O)N1CC. The van der Waals surface area contributed by atoms with Crippen LogP contribution in [0.4, 0.5) is 0 Å². The molecule has 3 heteroatoms. The van der Waals surface area contributed by atoms with E-state index in [1.54, 1.807) is 0 Å². The third-order valence-corrected chi connectivity index (χ3v) is 2.10.